The van der Waals surface area contributed by atoms with Gasteiger partial charge in [-0.3, -0.25) is 0 Å². The number of fused-ring (bicyclic) bond motifs is 5. The number of aromatic nitrogens is 1. The van der Waals surface area contributed by atoms with Gasteiger partial charge in [0.1, 0.15) is 0 Å². The van der Waals surface area contributed by atoms with Crippen LogP contribution in [0.1, 0.15) is 16.7 Å². The molecular formula is C51H38BN. The number of nitrogens with zero attached hydrogens (tertiary/aromatic N) is 1. The molecule has 1 nitrogen and oxygen atoms in total. The highest BCUT2D eigenvalue weighted by Crippen LogP contribution is 2.39. The first kappa shape index (κ1) is 31.4. The fourth-order valence-electron chi connectivity index (χ4n) is 9.03. The van der Waals surface area contributed by atoms with E-state index in [1.54, 1.807) is 0 Å². The number of para-hydroxylation sites is 1. The van der Waals surface area contributed by atoms with Gasteiger partial charge in [0.25, 0.3) is 0 Å². The zero-order valence-electron chi connectivity index (χ0n) is 30.3. The standard InChI is InChI=1S/C51H38BN/c1-33-28-34(2)50(35(3)29-33)52-46-16-10-11-17-49(46)53-48-27-26-42(40-22-18-38(19-23-40)36-12-6-4-7-13-36)30-44(48)45-31-43(32-47(52)51(45)53)41-24-20-39(21-25-41)37-14-8-5-9-15-37/h4-32H,1-3H3. The van der Waals surface area contributed by atoms with E-state index in [1.165, 1.54) is 105 Å². The normalized spacial score (nSPS) is 12.0. The van der Waals surface area contributed by atoms with Gasteiger partial charge in [0.15, 0.2) is 0 Å². The quantitative estimate of drug-likeness (QED) is 0.160. The number of aryl methyl sites for hydroxylation is 3. The Bertz CT molecular complexity index is 2810. The van der Waals surface area contributed by atoms with Gasteiger partial charge in [-0.15, -0.1) is 0 Å². The van der Waals surface area contributed by atoms with Crippen LogP contribution in [0, 0.1) is 20.8 Å². The topological polar surface area (TPSA) is 4.93 Å². The molecule has 0 unspecified atom stereocenters. The van der Waals surface area contributed by atoms with E-state index in [4.69, 9.17) is 0 Å². The molecule has 0 spiro atoms. The van der Waals surface area contributed by atoms with Gasteiger partial charge in [-0.05, 0) is 100 Å². The molecule has 0 bridgehead atoms. The summed E-state index contributed by atoms with van der Waals surface area (Å²) in [6.45, 7) is 6.91. The van der Waals surface area contributed by atoms with Crippen molar-refractivity contribution in [1.82, 2.24) is 4.57 Å². The molecule has 250 valence electrons. The van der Waals surface area contributed by atoms with Crippen LogP contribution in [0.4, 0.5) is 0 Å². The molecule has 1 aliphatic rings. The molecule has 0 saturated carbocycles. The predicted octanol–water partition coefficient (Wildman–Crippen LogP) is 11.2. The SMILES string of the molecule is Cc1cc(C)c(B2c3ccccc3-n3c4ccc(-c5ccc(-c6ccccc6)cc5)cc4c4cc(-c5ccc(-c6ccccc6)cc5)cc2c43)c(C)c1. The largest absolute Gasteiger partial charge is 0.310 e. The van der Waals surface area contributed by atoms with Crippen molar-refractivity contribution in [3.63, 3.8) is 0 Å². The van der Waals surface area contributed by atoms with Crippen LogP contribution in [0.5, 0.6) is 0 Å². The van der Waals surface area contributed by atoms with Crippen LogP contribution in [0.3, 0.4) is 0 Å². The van der Waals surface area contributed by atoms with Gasteiger partial charge >= 0.3 is 0 Å². The Morgan fingerprint density at radius 1 is 0.377 bits per heavy atom. The first-order valence-corrected chi connectivity index (χ1v) is 18.6. The molecule has 10 rings (SSSR count). The zero-order chi connectivity index (χ0) is 35.6. The van der Waals surface area contributed by atoms with Crippen molar-refractivity contribution in [2.45, 2.75) is 20.8 Å². The third kappa shape index (κ3) is 5.17. The van der Waals surface area contributed by atoms with Gasteiger partial charge in [-0.1, -0.05) is 174 Å². The Morgan fingerprint density at radius 2 is 0.849 bits per heavy atom. The second-order valence-corrected chi connectivity index (χ2v) is 14.7. The lowest BCUT2D eigenvalue weighted by molar-refractivity contribution is 1.19. The summed E-state index contributed by atoms with van der Waals surface area (Å²) in [5.74, 6) is 0. The van der Waals surface area contributed by atoms with E-state index in [1.807, 2.05) is 0 Å². The zero-order valence-corrected chi connectivity index (χ0v) is 30.3. The first-order valence-electron chi connectivity index (χ1n) is 18.6. The van der Waals surface area contributed by atoms with E-state index in [0.29, 0.717) is 0 Å². The minimum atomic E-state index is 0.111. The summed E-state index contributed by atoms with van der Waals surface area (Å²) >= 11 is 0. The number of benzene rings is 8. The Kier molecular flexibility index (Phi) is 7.33. The Labute approximate surface area is 311 Å². The molecule has 0 atom stereocenters. The van der Waals surface area contributed by atoms with E-state index in [2.05, 4.69) is 201 Å². The van der Waals surface area contributed by atoms with Crippen LogP contribution in [-0.4, -0.2) is 11.3 Å². The lowest BCUT2D eigenvalue weighted by Gasteiger charge is -2.29. The summed E-state index contributed by atoms with van der Waals surface area (Å²) < 4.78 is 2.54. The third-order valence-electron chi connectivity index (χ3n) is 11.4. The molecule has 0 radical (unpaired) electrons. The minimum absolute atomic E-state index is 0.111. The Hall–Kier alpha value is -6.38. The van der Waals surface area contributed by atoms with Gasteiger partial charge < -0.3 is 4.57 Å². The van der Waals surface area contributed by atoms with Crippen LogP contribution in [0.2, 0.25) is 0 Å². The second-order valence-electron chi connectivity index (χ2n) is 14.7. The average molecular weight is 676 g/mol. The molecule has 9 aromatic rings. The molecule has 8 aromatic carbocycles. The van der Waals surface area contributed by atoms with Gasteiger partial charge in [-0.25, -0.2) is 0 Å². The highest BCUT2D eigenvalue weighted by atomic mass is 15.0. The fourth-order valence-corrected chi connectivity index (χ4v) is 9.03. The van der Waals surface area contributed by atoms with Crippen molar-refractivity contribution in [2.75, 3.05) is 0 Å². The lowest BCUT2D eigenvalue weighted by Crippen LogP contribution is -2.57. The van der Waals surface area contributed by atoms with Gasteiger partial charge in [0.05, 0.1) is 5.52 Å². The van der Waals surface area contributed by atoms with Crippen molar-refractivity contribution >= 4 is 44.9 Å². The maximum Gasteiger partial charge on any atom is 0.247 e. The molecule has 0 amide bonds. The van der Waals surface area contributed by atoms with Crippen LogP contribution in [-0.2, 0) is 0 Å². The molecule has 0 fully saturated rings. The van der Waals surface area contributed by atoms with E-state index in [9.17, 15) is 0 Å². The smallest absolute Gasteiger partial charge is 0.247 e. The summed E-state index contributed by atoms with van der Waals surface area (Å²) in [6, 6.07) is 65.2. The third-order valence-corrected chi connectivity index (χ3v) is 11.4. The molecule has 0 N–H and O–H groups in total. The molecule has 2 heterocycles. The molecule has 53 heavy (non-hydrogen) atoms. The van der Waals surface area contributed by atoms with Gasteiger partial charge in [-0.2, -0.15) is 0 Å². The molecule has 1 aromatic heterocycles. The van der Waals surface area contributed by atoms with Gasteiger partial charge in [0.2, 0.25) is 6.71 Å². The molecule has 2 heteroatoms. The van der Waals surface area contributed by atoms with E-state index in [-0.39, 0.29) is 6.71 Å². The molecule has 0 saturated heterocycles. The summed E-state index contributed by atoms with van der Waals surface area (Å²) in [6.07, 6.45) is 0. The van der Waals surface area contributed by atoms with E-state index >= 15 is 0 Å². The molecular weight excluding hydrogens is 637 g/mol. The summed E-state index contributed by atoms with van der Waals surface area (Å²) in [5.41, 5.74) is 21.8. The van der Waals surface area contributed by atoms with E-state index < -0.39 is 0 Å². The number of hydrogen-bond donors (Lipinski definition) is 0. The highest BCUT2D eigenvalue weighted by Gasteiger charge is 2.35. The van der Waals surface area contributed by atoms with Crippen LogP contribution < -0.4 is 16.4 Å². The summed E-state index contributed by atoms with van der Waals surface area (Å²) in [5, 5.41) is 2.57. The van der Waals surface area contributed by atoms with Crippen molar-refractivity contribution in [1.29, 1.82) is 0 Å². The van der Waals surface area contributed by atoms with Gasteiger partial charge in [0, 0.05) is 22.0 Å². The minimum Gasteiger partial charge on any atom is -0.310 e. The van der Waals surface area contributed by atoms with Crippen molar-refractivity contribution < 1.29 is 0 Å². The van der Waals surface area contributed by atoms with E-state index in [0.717, 1.165) is 0 Å². The Morgan fingerprint density at radius 3 is 1.45 bits per heavy atom. The highest BCUT2D eigenvalue weighted by molar-refractivity contribution is 6.98. The van der Waals surface area contributed by atoms with Crippen molar-refractivity contribution in [3.8, 4) is 50.2 Å². The number of rotatable bonds is 5. The second kappa shape index (κ2) is 12.4. The van der Waals surface area contributed by atoms with Crippen LogP contribution >= 0.6 is 0 Å². The van der Waals surface area contributed by atoms with Crippen molar-refractivity contribution in [2.24, 2.45) is 0 Å². The fraction of sp³-hybridized carbons (Fsp3) is 0.0588. The first-order chi connectivity index (χ1) is 26.0. The lowest BCUT2D eigenvalue weighted by atomic mass is 9.34. The number of hydrogen-bond acceptors (Lipinski definition) is 0. The summed E-state index contributed by atoms with van der Waals surface area (Å²) in [4.78, 5) is 0. The van der Waals surface area contributed by atoms with Crippen LogP contribution in [0.25, 0.3) is 72.0 Å². The molecule has 1 aliphatic heterocycles. The summed E-state index contributed by atoms with van der Waals surface area (Å²) in [7, 11) is 0. The maximum absolute atomic E-state index is 2.54. The Balaban J connectivity index is 1.22. The van der Waals surface area contributed by atoms with Crippen molar-refractivity contribution in [3.05, 3.63) is 193 Å². The van der Waals surface area contributed by atoms with Crippen LogP contribution in [0.15, 0.2) is 176 Å². The maximum atomic E-state index is 2.54. The molecule has 0 aliphatic carbocycles. The average Bonchev–Trinajstić information content (AvgIpc) is 3.53. The monoisotopic (exact) mass is 675 g/mol. The predicted molar refractivity (Wildman–Crippen MR) is 228 cm³/mol.